The van der Waals surface area contributed by atoms with Gasteiger partial charge in [0.05, 0.1) is 0 Å². The van der Waals surface area contributed by atoms with Crippen LogP contribution in [-0.4, -0.2) is 0 Å². The number of nitrogens with zero attached hydrogens (tertiary/aromatic N) is 4. The first kappa shape index (κ1) is 78.4. The molecule has 0 radical (unpaired) electrons. The summed E-state index contributed by atoms with van der Waals surface area (Å²) in [5, 5.41) is 0. The lowest BCUT2D eigenvalue weighted by Crippen LogP contribution is -2.17. The van der Waals surface area contributed by atoms with Gasteiger partial charge in [0, 0.05) is 0 Å². The molecule has 0 fully saturated rings. The second-order valence-corrected chi connectivity index (χ2v) is 26.5. The summed E-state index contributed by atoms with van der Waals surface area (Å²) in [5.74, 6) is -190. The zero-order chi connectivity index (χ0) is 78.2. The van der Waals surface area contributed by atoms with Crippen LogP contribution in [0.25, 0.3) is 0 Å². The second kappa shape index (κ2) is 27.4. The molecule has 12 nitrogen and oxygen atoms in total. The minimum absolute atomic E-state index is 2.27. The molecule has 560 valence electrons. The zero-order valence-corrected chi connectivity index (χ0v) is 49.5. The average Bonchev–Trinajstić information content (AvgIpc) is 0.711. The van der Waals surface area contributed by atoms with Crippen LogP contribution in [0.2, 0.25) is 0 Å². The summed E-state index contributed by atoms with van der Waals surface area (Å²) >= 11 is 0. The third kappa shape index (κ3) is 12.7. The monoisotopic (exact) mass is 1640 g/mol. The normalized spacial score (nSPS) is 14.4. The lowest BCUT2D eigenvalue weighted by molar-refractivity contribution is 0.319. The van der Waals surface area contributed by atoms with E-state index >= 15 is 140 Å². The molecule has 8 aromatic rings. The fourth-order valence-corrected chi connectivity index (χ4v) is 19.4. The number of hydrogen-bond acceptors (Lipinski definition) is 12. The van der Waals surface area contributed by atoms with E-state index in [-0.39, 0.29) is 0 Å². The summed E-state index contributed by atoms with van der Waals surface area (Å²) in [6, 6.07) is 0. The number of rotatable bonds is 16. The van der Waals surface area contributed by atoms with Crippen molar-refractivity contribution in [2.45, 2.75) is 0 Å². The van der Waals surface area contributed by atoms with Crippen molar-refractivity contribution in [3.8, 4) is 46.0 Å². The molecule has 0 aliphatic carbocycles. The molecule has 1 aliphatic heterocycles. The van der Waals surface area contributed by atoms with Crippen molar-refractivity contribution in [1.82, 2.24) is 0 Å². The van der Waals surface area contributed by atoms with Crippen LogP contribution in [0.5, 0.6) is 46.0 Å². The summed E-state index contributed by atoms with van der Waals surface area (Å²) in [5.41, 5.74) is 0. The Labute approximate surface area is 538 Å². The Morgan fingerprint density at radius 2 is 0.163 bits per heavy atom. The van der Waals surface area contributed by atoms with Gasteiger partial charge in [0.2, 0.25) is 279 Å². The standard InChI is InChI=1S/C48F40N4O8P4/c49-1-9(57)25(73)41(26(74)10(1)58)93-101(94-42-27(75)11(59)2(50)12(60)28(42)76)89-102(95-43-29(77)13(61)3(51)14(62)30(43)78,96-44-31(79)15(63)4(52)16(64)32(44)80)91-104(99-47-37(85)21(69)7(55)22(70)38(47)86,100-48-39(87)23(71)8(56)24(72)40(48)88)92-103(90-101,97-45-33(81)17(65)5(53)18(66)34(45)82)98-46-35(83)19(67)6(54)20(68)36(46)84. The molecule has 1 aliphatic rings. The Bertz CT molecular complexity index is 4190. The van der Waals surface area contributed by atoms with Crippen LogP contribution in [0.3, 0.4) is 0 Å². The SMILES string of the molecule is Fc1c(F)c(F)c(OP2(Oc3c(F)c(F)c(F)c(F)c3F)=NP(Oc3c(F)c(F)c(F)c(F)c3F)(Oc3c(F)c(F)c(F)c(F)c3F)=NP(Oc3c(F)c(F)c(F)c(F)c3F)(Oc3c(F)c(F)c(F)c(F)c3F)=NP(Oc3c(F)c(F)c(F)c(F)c3F)(Oc3c(F)c(F)c(F)c(F)c3F)=N2)c(F)c1F. The molecule has 0 unspecified atom stereocenters. The van der Waals surface area contributed by atoms with E-state index in [0.717, 1.165) is 0 Å². The van der Waals surface area contributed by atoms with E-state index < -0.39 is 309 Å². The predicted molar refractivity (Wildman–Crippen MR) is 252 cm³/mol. The van der Waals surface area contributed by atoms with Crippen LogP contribution in [0.15, 0.2) is 18.1 Å². The second-order valence-electron chi connectivity index (χ2n) is 18.2. The van der Waals surface area contributed by atoms with Gasteiger partial charge in [-0.3, -0.25) is 0 Å². The summed E-state index contributed by atoms with van der Waals surface area (Å²) in [6.07, 6.45) is 0. The van der Waals surface area contributed by atoms with E-state index in [0.29, 0.717) is 0 Å². The molecule has 0 saturated carbocycles. The van der Waals surface area contributed by atoms with Crippen molar-refractivity contribution >= 4 is 30.6 Å². The van der Waals surface area contributed by atoms with Gasteiger partial charge in [-0.15, -0.1) is 0 Å². The van der Waals surface area contributed by atoms with Crippen LogP contribution >= 0.6 is 30.6 Å². The van der Waals surface area contributed by atoms with E-state index in [1.54, 1.807) is 0 Å². The highest BCUT2D eigenvalue weighted by Gasteiger charge is 2.56. The maximum Gasteiger partial charge on any atom is 0.461 e. The molecule has 0 saturated heterocycles. The van der Waals surface area contributed by atoms with Gasteiger partial charge in [-0.05, 0) is 0 Å². The van der Waals surface area contributed by atoms with Crippen molar-refractivity contribution in [2.75, 3.05) is 0 Å². The summed E-state index contributed by atoms with van der Waals surface area (Å²) in [6.45, 7) is 0. The van der Waals surface area contributed by atoms with Crippen molar-refractivity contribution in [3.05, 3.63) is 233 Å². The highest BCUT2D eigenvalue weighted by molar-refractivity contribution is 7.79. The van der Waals surface area contributed by atoms with Gasteiger partial charge in [-0.25, -0.2) is 105 Å². The summed E-state index contributed by atoms with van der Waals surface area (Å²) in [7, 11) is -37.7. The molecule has 0 bridgehead atoms. The Balaban J connectivity index is 1.82. The Morgan fingerprint density at radius 1 is 0.106 bits per heavy atom. The van der Waals surface area contributed by atoms with E-state index in [2.05, 4.69) is 54.3 Å². The van der Waals surface area contributed by atoms with Crippen molar-refractivity contribution in [2.24, 2.45) is 18.1 Å². The number of benzene rings is 8. The third-order valence-electron chi connectivity index (χ3n) is 11.9. The van der Waals surface area contributed by atoms with Crippen molar-refractivity contribution in [1.29, 1.82) is 0 Å². The Kier molecular flexibility index (Phi) is 20.7. The van der Waals surface area contributed by atoms with Gasteiger partial charge in [-0.2, -0.15) is 70.2 Å². The molecule has 0 aromatic heterocycles. The number of hydrogen-bond donors (Lipinski definition) is 0. The van der Waals surface area contributed by atoms with E-state index in [1.807, 2.05) is 0 Å². The molecule has 8 aromatic carbocycles. The van der Waals surface area contributed by atoms with Crippen molar-refractivity contribution in [3.63, 3.8) is 0 Å². The molecule has 1 heterocycles. The molecule has 0 spiro atoms. The van der Waals surface area contributed by atoms with Gasteiger partial charge in [0.1, 0.15) is 0 Å². The minimum Gasteiger partial charge on any atom is -0.407 e. The number of halogens is 40. The van der Waals surface area contributed by atoms with Gasteiger partial charge in [0.25, 0.3) is 0 Å². The predicted octanol–water partition coefficient (Wildman–Crippen LogP) is 22.0. The van der Waals surface area contributed by atoms with Crippen LogP contribution in [0.4, 0.5) is 176 Å². The molecule has 104 heavy (non-hydrogen) atoms. The van der Waals surface area contributed by atoms with E-state index in [1.165, 1.54) is 0 Å². The maximum atomic E-state index is 16.4. The van der Waals surface area contributed by atoms with Gasteiger partial charge < -0.3 is 36.2 Å². The molecule has 0 N–H and O–H groups in total. The minimum atomic E-state index is -9.44. The largest absolute Gasteiger partial charge is 0.461 e. The quantitative estimate of drug-likeness (QED) is 0.0406. The van der Waals surface area contributed by atoms with Gasteiger partial charge in [0.15, 0.2) is 0 Å². The van der Waals surface area contributed by atoms with Gasteiger partial charge in [-0.1, -0.05) is 18.1 Å². The smallest absolute Gasteiger partial charge is 0.407 e. The lowest BCUT2D eigenvalue weighted by Gasteiger charge is -2.33. The highest BCUT2D eigenvalue weighted by atomic mass is 31.3. The van der Waals surface area contributed by atoms with Crippen LogP contribution in [0.1, 0.15) is 0 Å². The highest BCUT2D eigenvalue weighted by Crippen LogP contribution is 2.80. The van der Waals surface area contributed by atoms with E-state index in [4.69, 9.17) is 0 Å². The third-order valence-corrected chi connectivity index (χ3v) is 22.5. The molecule has 0 atom stereocenters. The van der Waals surface area contributed by atoms with Crippen molar-refractivity contribution < 1.29 is 212 Å². The first-order chi connectivity index (χ1) is 48.0. The first-order valence-corrected chi connectivity index (χ1v) is 30.4. The summed E-state index contributed by atoms with van der Waals surface area (Å²) in [4.78, 5) is 0. The Morgan fingerprint density at radius 3 is 0.231 bits per heavy atom. The molecule has 9 rings (SSSR count). The first-order valence-electron chi connectivity index (χ1n) is 24.3. The Hall–Kier alpha value is -9.72. The summed E-state index contributed by atoms with van der Waals surface area (Å²) < 4.78 is 671. The zero-order valence-electron chi connectivity index (χ0n) is 46.0. The maximum absolute atomic E-state index is 16.4. The molecular weight excluding hydrogens is 1640 g/mol. The van der Waals surface area contributed by atoms with Crippen LogP contribution in [0, 0.1) is 233 Å². The fraction of sp³-hybridized carbons (Fsp3) is 0. The average molecular weight is 1640 g/mol. The van der Waals surface area contributed by atoms with Crippen LogP contribution < -0.4 is 36.2 Å². The van der Waals surface area contributed by atoms with E-state index in [9.17, 15) is 35.1 Å². The van der Waals surface area contributed by atoms with Gasteiger partial charge >= 0.3 is 30.6 Å². The lowest BCUT2D eigenvalue weighted by atomic mass is 10.3. The topological polar surface area (TPSA) is 123 Å². The molecule has 56 heteroatoms. The molecular formula is C48F40N4O8P4. The van der Waals surface area contributed by atoms with Crippen LogP contribution in [-0.2, 0) is 0 Å². The fourth-order valence-electron chi connectivity index (χ4n) is 7.28. The molecule has 0 amide bonds.